The zero-order chi connectivity index (χ0) is 11.1. The molecule has 3 N–H and O–H groups in total. The number of nitrogen functional groups attached to an aromatic ring is 1. The van der Waals surface area contributed by atoms with Gasteiger partial charge in [-0.05, 0) is 18.6 Å². The van der Waals surface area contributed by atoms with Gasteiger partial charge in [0.05, 0.1) is 0 Å². The van der Waals surface area contributed by atoms with Gasteiger partial charge in [0.2, 0.25) is 0 Å². The minimum atomic E-state index is 0.00549. The molecule has 5 heteroatoms. The zero-order valence-electron chi connectivity index (χ0n) is 8.69. The van der Waals surface area contributed by atoms with Gasteiger partial charge in [-0.2, -0.15) is 0 Å². The minimum Gasteiger partial charge on any atom is -0.385 e. The minimum absolute atomic E-state index is 0.00549. The van der Waals surface area contributed by atoms with Gasteiger partial charge in [0, 0.05) is 30.6 Å². The molecule has 0 saturated carbocycles. The van der Waals surface area contributed by atoms with E-state index in [1.54, 1.807) is 31.1 Å². The van der Waals surface area contributed by atoms with E-state index in [2.05, 4.69) is 4.98 Å². The summed E-state index contributed by atoms with van der Waals surface area (Å²) in [6.07, 6.45) is 2.77. The molecule has 0 atom stereocenters. The number of thioether (sulfide) groups is 1. The molecule has 0 bridgehead atoms. The van der Waals surface area contributed by atoms with Crippen molar-refractivity contribution in [2.24, 2.45) is 5.73 Å². The number of hydrogen-bond donors (Lipinski definition) is 2. The number of nitrogens with one attached hydrogen (secondary N) is 1. The second-order valence-electron chi connectivity index (χ2n) is 2.99. The fourth-order valence-corrected chi connectivity index (χ4v) is 1.81. The van der Waals surface area contributed by atoms with Crippen molar-refractivity contribution in [1.29, 1.82) is 5.41 Å². The van der Waals surface area contributed by atoms with Gasteiger partial charge in [0.15, 0.2) is 0 Å². The van der Waals surface area contributed by atoms with Crippen molar-refractivity contribution >= 4 is 17.6 Å². The van der Waals surface area contributed by atoms with E-state index in [-0.39, 0.29) is 5.84 Å². The molecular weight excluding hydrogens is 210 g/mol. The number of methoxy groups -OCH3 is 1. The van der Waals surface area contributed by atoms with Crippen LogP contribution in [0, 0.1) is 5.41 Å². The SMILES string of the molecule is COCCCSc1ccc(C(=N)N)nc1. The summed E-state index contributed by atoms with van der Waals surface area (Å²) in [5.41, 5.74) is 5.83. The highest BCUT2D eigenvalue weighted by Gasteiger charge is 1.98. The average Bonchev–Trinajstić information content (AvgIpc) is 2.25. The third-order valence-corrected chi connectivity index (χ3v) is 2.84. The van der Waals surface area contributed by atoms with Crippen molar-refractivity contribution in [3.8, 4) is 0 Å². The molecule has 0 aromatic carbocycles. The van der Waals surface area contributed by atoms with Gasteiger partial charge < -0.3 is 10.5 Å². The summed E-state index contributed by atoms with van der Waals surface area (Å²) >= 11 is 1.73. The van der Waals surface area contributed by atoms with E-state index in [9.17, 15) is 0 Å². The number of amidine groups is 1. The van der Waals surface area contributed by atoms with Crippen LogP contribution in [0.15, 0.2) is 23.2 Å². The molecule has 0 fully saturated rings. The molecule has 82 valence electrons. The monoisotopic (exact) mass is 225 g/mol. The van der Waals surface area contributed by atoms with Crippen LogP contribution in [-0.2, 0) is 4.74 Å². The molecule has 1 aromatic rings. The third-order valence-electron chi connectivity index (χ3n) is 1.77. The molecule has 15 heavy (non-hydrogen) atoms. The van der Waals surface area contributed by atoms with Crippen LogP contribution in [-0.4, -0.2) is 30.3 Å². The van der Waals surface area contributed by atoms with E-state index in [1.165, 1.54) is 0 Å². The lowest BCUT2D eigenvalue weighted by atomic mass is 10.3. The van der Waals surface area contributed by atoms with Crippen LogP contribution in [0.2, 0.25) is 0 Å². The predicted octanol–water partition coefficient (Wildman–Crippen LogP) is 1.49. The van der Waals surface area contributed by atoms with E-state index >= 15 is 0 Å². The summed E-state index contributed by atoms with van der Waals surface area (Å²) in [5, 5.41) is 7.19. The fourth-order valence-electron chi connectivity index (χ4n) is 1.02. The highest BCUT2D eigenvalue weighted by molar-refractivity contribution is 7.99. The Morgan fingerprint density at radius 1 is 1.60 bits per heavy atom. The van der Waals surface area contributed by atoms with Crippen LogP contribution < -0.4 is 5.73 Å². The van der Waals surface area contributed by atoms with E-state index in [0.29, 0.717) is 5.69 Å². The Kier molecular flexibility index (Phi) is 5.14. The zero-order valence-corrected chi connectivity index (χ0v) is 9.51. The second-order valence-corrected chi connectivity index (χ2v) is 4.16. The van der Waals surface area contributed by atoms with E-state index in [0.717, 1.165) is 23.7 Å². The lowest BCUT2D eigenvalue weighted by Gasteiger charge is -2.02. The maximum atomic E-state index is 7.19. The van der Waals surface area contributed by atoms with E-state index in [1.807, 2.05) is 6.07 Å². The summed E-state index contributed by atoms with van der Waals surface area (Å²) in [4.78, 5) is 5.17. The Morgan fingerprint density at radius 3 is 2.93 bits per heavy atom. The van der Waals surface area contributed by atoms with Gasteiger partial charge >= 0.3 is 0 Å². The van der Waals surface area contributed by atoms with Crippen molar-refractivity contribution in [2.45, 2.75) is 11.3 Å². The summed E-state index contributed by atoms with van der Waals surface area (Å²) in [6, 6.07) is 3.70. The normalized spacial score (nSPS) is 10.2. The van der Waals surface area contributed by atoms with Gasteiger partial charge in [0.25, 0.3) is 0 Å². The first kappa shape index (κ1) is 12.0. The smallest absolute Gasteiger partial charge is 0.141 e. The molecule has 1 heterocycles. The van der Waals surface area contributed by atoms with Crippen LogP contribution in [0.3, 0.4) is 0 Å². The Bertz CT molecular complexity index is 313. The van der Waals surface area contributed by atoms with Gasteiger partial charge in [-0.3, -0.25) is 10.4 Å². The summed E-state index contributed by atoms with van der Waals surface area (Å²) in [6.45, 7) is 0.784. The van der Waals surface area contributed by atoms with Crippen LogP contribution in [0.4, 0.5) is 0 Å². The van der Waals surface area contributed by atoms with Crippen LogP contribution in [0.5, 0.6) is 0 Å². The predicted molar refractivity (Wildman–Crippen MR) is 62.5 cm³/mol. The first-order valence-electron chi connectivity index (χ1n) is 4.66. The molecule has 0 radical (unpaired) electrons. The topological polar surface area (TPSA) is 72.0 Å². The summed E-state index contributed by atoms with van der Waals surface area (Å²) in [7, 11) is 1.70. The number of pyridine rings is 1. The number of ether oxygens (including phenoxy) is 1. The molecule has 4 nitrogen and oxygen atoms in total. The molecule has 0 saturated heterocycles. The molecule has 0 aliphatic heterocycles. The van der Waals surface area contributed by atoms with Gasteiger partial charge in [0.1, 0.15) is 11.5 Å². The number of nitrogens with zero attached hydrogens (tertiary/aromatic N) is 1. The van der Waals surface area contributed by atoms with E-state index < -0.39 is 0 Å². The highest BCUT2D eigenvalue weighted by Crippen LogP contribution is 2.17. The quantitative estimate of drug-likeness (QED) is 0.333. The van der Waals surface area contributed by atoms with Crippen molar-refractivity contribution in [3.05, 3.63) is 24.0 Å². The number of hydrogen-bond acceptors (Lipinski definition) is 4. The Labute approximate surface area is 93.7 Å². The summed E-state index contributed by atoms with van der Waals surface area (Å²) < 4.78 is 4.96. The highest BCUT2D eigenvalue weighted by atomic mass is 32.2. The van der Waals surface area contributed by atoms with Crippen molar-refractivity contribution in [3.63, 3.8) is 0 Å². The maximum Gasteiger partial charge on any atom is 0.141 e. The van der Waals surface area contributed by atoms with E-state index in [4.69, 9.17) is 15.9 Å². The molecule has 1 aromatic heterocycles. The molecular formula is C10H15N3OS. The maximum absolute atomic E-state index is 7.19. The second kappa shape index (κ2) is 6.42. The van der Waals surface area contributed by atoms with Crippen LogP contribution in [0.25, 0.3) is 0 Å². The van der Waals surface area contributed by atoms with Crippen molar-refractivity contribution in [2.75, 3.05) is 19.5 Å². The molecule has 0 amide bonds. The lowest BCUT2D eigenvalue weighted by Crippen LogP contribution is -2.12. The fraction of sp³-hybridized carbons (Fsp3) is 0.400. The first-order chi connectivity index (χ1) is 7.24. The number of aromatic nitrogens is 1. The third kappa shape index (κ3) is 4.31. The molecule has 0 spiro atoms. The van der Waals surface area contributed by atoms with Crippen molar-refractivity contribution < 1.29 is 4.74 Å². The Balaban J connectivity index is 2.39. The van der Waals surface area contributed by atoms with Crippen LogP contribution >= 0.6 is 11.8 Å². The standard InChI is InChI=1S/C10H15N3OS/c1-14-5-2-6-15-8-3-4-9(10(11)12)13-7-8/h3-4,7H,2,5-6H2,1H3,(H3,11,12). The Hall–Kier alpha value is -1.07. The average molecular weight is 225 g/mol. The summed E-state index contributed by atoms with van der Waals surface area (Å²) in [5.74, 6) is 1.01. The Morgan fingerprint density at radius 2 is 2.40 bits per heavy atom. The largest absolute Gasteiger partial charge is 0.385 e. The van der Waals surface area contributed by atoms with Gasteiger partial charge in [-0.25, -0.2) is 0 Å². The lowest BCUT2D eigenvalue weighted by molar-refractivity contribution is 0.200. The van der Waals surface area contributed by atoms with Crippen LogP contribution in [0.1, 0.15) is 12.1 Å². The molecule has 0 aliphatic rings. The van der Waals surface area contributed by atoms with Gasteiger partial charge in [-0.1, -0.05) is 0 Å². The molecule has 0 unspecified atom stereocenters. The van der Waals surface area contributed by atoms with Gasteiger partial charge in [-0.15, -0.1) is 11.8 Å². The number of rotatable bonds is 6. The molecule has 1 rings (SSSR count). The number of nitrogens with two attached hydrogens (primary N) is 1. The van der Waals surface area contributed by atoms with Crippen molar-refractivity contribution in [1.82, 2.24) is 4.98 Å². The first-order valence-corrected chi connectivity index (χ1v) is 5.65. The molecule has 0 aliphatic carbocycles.